The van der Waals surface area contributed by atoms with E-state index in [0.717, 1.165) is 13.0 Å². The Morgan fingerprint density at radius 3 is 3.14 bits per heavy atom. The summed E-state index contributed by atoms with van der Waals surface area (Å²) in [6, 6.07) is 5.12. The van der Waals surface area contributed by atoms with E-state index in [1.165, 1.54) is 0 Å². The molecule has 110 valence electrons. The van der Waals surface area contributed by atoms with E-state index < -0.39 is 0 Å². The zero-order valence-corrected chi connectivity index (χ0v) is 11.5. The van der Waals surface area contributed by atoms with Crippen LogP contribution < -0.4 is 10.6 Å². The summed E-state index contributed by atoms with van der Waals surface area (Å²) in [7, 11) is 0. The topological polar surface area (TPSA) is 81.1 Å². The molecule has 3 rings (SSSR count). The molecule has 0 aromatic carbocycles. The van der Waals surface area contributed by atoms with E-state index >= 15 is 0 Å². The number of nitrogens with zero attached hydrogens (tertiary/aromatic N) is 3. The van der Waals surface area contributed by atoms with Crippen LogP contribution in [-0.4, -0.2) is 40.6 Å². The number of carbonyl (C=O) groups is 1. The van der Waals surface area contributed by atoms with Crippen molar-refractivity contribution in [2.45, 2.75) is 6.42 Å². The number of ether oxygens (including phenoxy) is 1. The Kier molecular flexibility index (Phi) is 4.11. The van der Waals surface area contributed by atoms with Gasteiger partial charge in [0.2, 0.25) is 0 Å². The second-order valence-corrected chi connectivity index (χ2v) is 4.89. The van der Waals surface area contributed by atoms with Gasteiger partial charge < -0.3 is 15.4 Å². The molecular formula is C14H17N5O2. The van der Waals surface area contributed by atoms with Crippen LogP contribution in [0.5, 0.6) is 0 Å². The molecule has 1 atom stereocenters. The molecule has 1 saturated heterocycles. The summed E-state index contributed by atoms with van der Waals surface area (Å²) in [5.41, 5.74) is 0.612. The SMILES string of the molecule is O=C(NCC1CCOC1)Nc1cccnc1-n1cccn1. The number of nitrogens with one attached hydrogen (secondary N) is 2. The standard InChI is InChI=1S/C14H17N5O2/c20-14(16-9-11-4-8-21-10-11)18-12-3-1-5-15-13(12)19-7-2-6-17-19/h1-3,5-7,11H,4,8-10H2,(H2,16,18,20). The van der Waals surface area contributed by atoms with Gasteiger partial charge in [-0.05, 0) is 24.6 Å². The van der Waals surface area contributed by atoms with E-state index in [-0.39, 0.29) is 6.03 Å². The van der Waals surface area contributed by atoms with Gasteiger partial charge in [0.05, 0.1) is 12.3 Å². The Morgan fingerprint density at radius 2 is 2.38 bits per heavy atom. The fourth-order valence-electron chi connectivity index (χ4n) is 2.22. The summed E-state index contributed by atoms with van der Waals surface area (Å²) in [6.07, 6.45) is 6.10. The summed E-state index contributed by atoms with van der Waals surface area (Å²) in [5, 5.41) is 9.80. The van der Waals surface area contributed by atoms with Gasteiger partial charge in [-0.3, -0.25) is 0 Å². The minimum Gasteiger partial charge on any atom is -0.381 e. The minimum absolute atomic E-state index is 0.247. The molecule has 21 heavy (non-hydrogen) atoms. The maximum Gasteiger partial charge on any atom is 0.319 e. The van der Waals surface area contributed by atoms with Gasteiger partial charge in [0.1, 0.15) is 0 Å². The van der Waals surface area contributed by atoms with Gasteiger partial charge in [0.15, 0.2) is 5.82 Å². The van der Waals surface area contributed by atoms with Crippen LogP contribution in [0.4, 0.5) is 10.5 Å². The summed E-state index contributed by atoms with van der Waals surface area (Å²) in [5.74, 6) is 0.983. The van der Waals surface area contributed by atoms with E-state index in [4.69, 9.17) is 4.74 Å². The maximum atomic E-state index is 12.0. The second-order valence-electron chi connectivity index (χ2n) is 4.89. The van der Waals surface area contributed by atoms with E-state index in [1.54, 1.807) is 41.5 Å². The third-order valence-corrected chi connectivity index (χ3v) is 3.33. The van der Waals surface area contributed by atoms with Crippen molar-refractivity contribution in [2.24, 2.45) is 5.92 Å². The van der Waals surface area contributed by atoms with E-state index in [1.807, 2.05) is 0 Å². The Labute approximate surface area is 122 Å². The molecule has 0 bridgehead atoms. The normalized spacial score (nSPS) is 17.6. The van der Waals surface area contributed by atoms with Crippen LogP contribution in [-0.2, 0) is 4.74 Å². The highest BCUT2D eigenvalue weighted by Gasteiger charge is 2.16. The van der Waals surface area contributed by atoms with Crippen molar-refractivity contribution in [1.82, 2.24) is 20.1 Å². The zero-order chi connectivity index (χ0) is 14.5. The fraction of sp³-hybridized carbons (Fsp3) is 0.357. The smallest absolute Gasteiger partial charge is 0.319 e. The third kappa shape index (κ3) is 3.38. The molecule has 2 aromatic heterocycles. The van der Waals surface area contributed by atoms with Crippen molar-refractivity contribution < 1.29 is 9.53 Å². The molecule has 2 aromatic rings. The van der Waals surface area contributed by atoms with Gasteiger partial charge in [-0.15, -0.1) is 0 Å². The van der Waals surface area contributed by atoms with Gasteiger partial charge >= 0.3 is 6.03 Å². The number of hydrogen-bond acceptors (Lipinski definition) is 4. The molecule has 0 spiro atoms. The van der Waals surface area contributed by atoms with E-state index in [2.05, 4.69) is 20.7 Å². The number of hydrogen-bond donors (Lipinski definition) is 2. The largest absolute Gasteiger partial charge is 0.381 e. The van der Waals surface area contributed by atoms with Gasteiger partial charge in [-0.25, -0.2) is 14.5 Å². The molecule has 0 aliphatic carbocycles. The van der Waals surface area contributed by atoms with Crippen LogP contribution in [0.2, 0.25) is 0 Å². The zero-order valence-electron chi connectivity index (χ0n) is 11.5. The maximum absolute atomic E-state index is 12.0. The van der Waals surface area contributed by atoms with E-state index in [9.17, 15) is 4.79 Å². The highest BCUT2D eigenvalue weighted by molar-refractivity contribution is 5.90. The van der Waals surface area contributed by atoms with Gasteiger partial charge in [0.25, 0.3) is 0 Å². The first-order chi connectivity index (χ1) is 10.3. The van der Waals surface area contributed by atoms with Gasteiger partial charge in [-0.1, -0.05) is 0 Å². The molecular weight excluding hydrogens is 270 g/mol. The first-order valence-corrected chi connectivity index (χ1v) is 6.90. The van der Waals surface area contributed by atoms with Crippen LogP contribution in [0, 0.1) is 5.92 Å². The second kappa shape index (κ2) is 6.36. The third-order valence-electron chi connectivity index (χ3n) is 3.33. The van der Waals surface area contributed by atoms with Crippen LogP contribution in [0.3, 0.4) is 0 Å². The first-order valence-electron chi connectivity index (χ1n) is 6.90. The first kappa shape index (κ1) is 13.6. The molecule has 1 aliphatic heterocycles. The molecule has 1 unspecified atom stereocenters. The van der Waals surface area contributed by atoms with Crippen LogP contribution >= 0.6 is 0 Å². The summed E-state index contributed by atoms with van der Waals surface area (Å²) >= 11 is 0. The monoisotopic (exact) mass is 287 g/mol. The van der Waals surface area contributed by atoms with E-state index in [0.29, 0.717) is 30.6 Å². The number of carbonyl (C=O) groups excluding carboxylic acids is 1. The molecule has 2 N–H and O–H groups in total. The van der Waals surface area contributed by atoms with Crippen LogP contribution in [0.25, 0.3) is 5.82 Å². The fourth-order valence-corrected chi connectivity index (χ4v) is 2.22. The summed E-state index contributed by atoms with van der Waals surface area (Å²) < 4.78 is 6.89. The number of rotatable bonds is 4. The Morgan fingerprint density at radius 1 is 1.43 bits per heavy atom. The molecule has 0 saturated carbocycles. The average molecular weight is 287 g/mol. The lowest BCUT2D eigenvalue weighted by molar-refractivity contribution is 0.185. The number of anilines is 1. The van der Waals surface area contributed by atoms with Crippen molar-refractivity contribution in [3.8, 4) is 5.82 Å². The van der Waals surface area contributed by atoms with Crippen molar-refractivity contribution >= 4 is 11.7 Å². The Balaban J connectivity index is 1.63. The lowest BCUT2D eigenvalue weighted by Gasteiger charge is -2.12. The molecule has 2 amide bonds. The molecule has 1 aliphatic rings. The van der Waals surface area contributed by atoms with Crippen molar-refractivity contribution in [3.63, 3.8) is 0 Å². The van der Waals surface area contributed by atoms with Crippen molar-refractivity contribution in [3.05, 3.63) is 36.8 Å². The summed E-state index contributed by atoms with van der Waals surface area (Å²) in [6.45, 7) is 2.11. The number of amides is 2. The van der Waals surface area contributed by atoms with Crippen LogP contribution in [0.1, 0.15) is 6.42 Å². The summed E-state index contributed by atoms with van der Waals surface area (Å²) in [4.78, 5) is 16.2. The van der Waals surface area contributed by atoms with Crippen molar-refractivity contribution in [2.75, 3.05) is 25.1 Å². The molecule has 7 heteroatoms. The lowest BCUT2D eigenvalue weighted by atomic mass is 10.1. The number of aromatic nitrogens is 3. The Bertz CT molecular complexity index is 593. The quantitative estimate of drug-likeness (QED) is 0.891. The highest BCUT2D eigenvalue weighted by Crippen LogP contribution is 2.16. The molecule has 1 fully saturated rings. The van der Waals surface area contributed by atoms with Gasteiger partial charge in [-0.2, -0.15) is 5.10 Å². The Hall–Kier alpha value is -2.41. The predicted octanol–water partition coefficient (Wildman–Crippen LogP) is 1.43. The van der Waals surface area contributed by atoms with Crippen molar-refractivity contribution in [1.29, 1.82) is 0 Å². The predicted molar refractivity (Wildman–Crippen MR) is 77.3 cm³/mol. The lowest BCUT2D eigenvalue weighted by Crippen LogP contribution is -2.33. The molecule has 3 heterocycles. The van der Waals surface area contributed by atoms with Gasteiger partial charge in [0, 0.05) is 37.7 Å². The molecule has 0 radical (unpaired) electrons. The molecule has 7 nitrogen and oxygen atoms in total. The number of pyridine rings is 1. The van der Waals surface area contributed by atoms with Crippen LogP contribution in [0.15, 0.2) is 36.8 Å². The minimum atomic E-state index is -0.247. The average Bonchev–Trinajstić information content (AvgIpc) is 3.19. The number of urea groups is 1. The highest BCUT2D eigenvalue weighted by atomic mass is 16.5.